The van der Waals surface area contributed by atoms with Crippen LogP contribution in [0.2, 0.25) is 0 Å². The van der Waals surface area contributed by atoms with Crippen molar-refractivity contribution in [3.05, 3.63) is 65.9 Å². The van der Waals surface area contributed by atoms with Crippen LogP contribution in [0.4, 0.5) is 9.59 Å². The number of alkyl carbamates (subject to hydrolysis) is 1. The molecule has 3 aliphatic rings. The van der Waals surface area contributed by atoms with Crippen molar-refractivity contribution in [2.24, 2.45) is 5.92 Å². The molecule has 0 unspecified atom stereocenters. The zero-order valence-corrected chi connectivity index (χ0v) is 28.2. The minimum atomic E-state index is -0.922. The molecule has 0 aliphatic carbocycles. The molecule has 50 heavy (non-hydrogen) atoms. The minimum absolute atomic E-state index is 0.114. The summed E-state index contributed by atoms with van der Waals surface area (Å²) in [6, 6.07) is 13.3. The lowest BCUT2D eigenvalue weighted by Gasteiger charge is -2.29. The topological polar surface area (TPSA) is 166 Å². The number of nitrogens with one attached hydrogen (secondary N) is 3. The fraction of sp³-hybridized carbons (Fsp3) is 0.378. The van der Waals surface area contributed by atoms with Crippen LogP contribution in [-0.2, 0) is 16.1 Å². The number of nitrogens with zero attached hydrogens (tertiary/aromatic N) is 4. The van der Waals surface area contributed by atoms with Crippen LogP contribution in [0.15, 0.2) is 48.7 Å². The summed E-state index contributed by atoms with van der Waals surface area (Å²) >= 11 is 0. The van der Waals surface area contributed by atoms with E-state index in [1.54, 1.807) is 6.20 Å². The van der Waals surface area contributed by atoms with Crippen LogP contribution in [0.25, 0.3) is 44.2 Å². The minimum Gasteiger partial charge on any atom is -0.488 e. The Labute approximate surface area is 288 Å². The van der Waals surface area contributed by atoms with Gasteiger partial charge in [-0.05, 0) is 72.6 Å². The highest BCUT2D eigenvalue weighted by atomic mass is 16.5. The van der Waals surface area contributed by atoms with Crippen LogP contribution in [0.3, 0.4) is 0 Å². The number of H-pyrrole nitrogens is 2. The van der Waals surface area contributed by atoms with Gasteiger partial charge in [0.25, 0.3) is 0 Å². The predicted octanol–water partition coefficient (Wildman–Crippen LogP) is 6.52. The highest BCUT2D eigenvalue weighted by molar-refractivity contribution is 6.09. The molecule has 13 nitrogen and oxygen atoms in total. The van der Waals surface area contributed by atoms with Gasteiger partial charge in [0.15, 0.2) is 0 Å². The molecule has 2 saturated heterocycles. The number of likely N-dealkylation sites (tertiary alicyclic amines) is 2. The van der Waals surface area contributed by atoms with Crippen molar-refractivity contribution < 1.29 is 29.0 Å². The quantitative estimate of drug-likeness (QED) is 0.158. The van der Waals surface area contributed by atoms with Gasteiger partial charge in [0.1, 0.15) is 30.0 Å². The molecule has 2 fully saturated rings. The van der Waals surface area contributed by atoms with Gasteiger partial charge in [0, 0.05) is 29.4 Å². The Morgan fingerprint density at radius 1 is 0.960 bits per heavy atom. The molecule has 2 aromatic heterocycles. The number of benzene rings is 3. The van der Waals surface area contributed by atoms with Crippen LogP contribution in [0.1, 0.15) is 68.8 Å². The molecule has 3 aliphatic heterocycles. The average molecular weight is 678 g/mol. The Balaban J connectivity index is 1.08. The van der Waals surface area contributed by atoms with Gasteiger partial charge in [-0.15, -0.1) is 0 Å². The van der Waals surface area contributed by atoms with Crippen molar-refractivity contribution >= 4 is 39.9 Å². The number of fused-ring (bicyclic) bond motifs is 7. The Bertz CT molecular complexity index is 2150. The van der Waals surface area contributed by atoms with Crippen LogP contribution in [-0.4, -0.2) is 79.2 Å². The van der Waals surface area contributed by atoms with E-state index in [0.717, 1.165) is 87.0 Å². The van der Waals surface area contributed by atoms with Crippen molar-refractivity contribution in [1.82, 2.24) is 35.1 Å². The second-order valence-electron chi connectivity index (χ2n) is 13.6. The molecule has 3 aromatic carbocycles. The third-order valence-electron chi connectivity index (χ3n) is 10.3. The lowest BCUT2D eigenvalue weighted by Crippen LogP contribution is -2.51. The fourth-order valence-electron chi connectivity index (χ4n) is 7.81. The Kier molecular flexibility index (Phi) is 7.84. The lowest BCUT2D eigenvalue weighted by atomic mass is 9.92. The van der Waals surface area contributed by atoms with E-state index < -0.39 is 18.2 Å². The number of hydrogen-bond donors (Lipinski definition) is 4. The number of amides is 3. The average Bonchev–Trinajstić information content (AvgIpc) is 3.94. The zero-order valence-electron chi connectivity index (χ0n) is 28.2. The molecule has 5 aromatic rings. The molecule has 0 radical (unpaired) electrons. The standard InChI is InChI=1S/C37H39N7O6/c1-19(2)30(42-36(46)49-3)35(45)43-14-4-7-29(43)34-39-26-13-12-25-23(31(26)41-34)10-11-24-22-9-8-20(16-21(22)18-50-32(24)25)27-17-38-33(40-27)28-6-5-15-44(28)37(47)48/h8-13,16-17,19,28-30H,4-7,14-15,18H2,1-3H3,(H,38,40)(H,39,41)(H,42,46)(H,47,48)/t28-,29+,30+/m1/s1. The van der Waals surface area contributed by atoms with Crippen molar-refractivity contribution in [3.63, 3.8) is 0 Å². The Hall–Kier alpha value is -5.59. The van der Waals surface area contributed by atoms with Gasteiger partial charge >= 0.3 is 12.2 Å². The number of rotatable bonds is 6. The molecule has 0 bridgehead atoms. The van der Waals surface area contributed by atoms with E-state index in [0.29, 0.717) is 25.5 Å². The number of ether oxygens (including phenoxy) is 2. The summed E-state index contributed by atoms with van der Waals surface area (Å²) in [6.45, 7) is 5.30. The molecule has 0 spiro atoms. The summed E-state index contributed by atoms with van der Waals surface area (Å²) in [5.41, 5.74) is 6.63. The molecule has 4 N–H and O–H groups in total. The largest absolute Gasteiger partial charge is 0.488 e. The molecule has 5 heterocycles. The second-order valence-corrected chi connectivity index (χ2v) is 13.6. The number of carboxylic acid groups (broad SMARTS) is 1. The van der Waals surface area contributed by atoms with Crippen molar-refractivity contribution in [1.29, 1.82) is 0 Å². The van der Waals surface area contributed by atoms with Crippen LogP contribution >= 0.6 is 0 Å². The third kappa shape index (κ3) is 5.28. The molecule has 3 atom stereocenters. The molecule has 0 saturated carbocycles. The summed E-state index contributed by atoms with van der Waals surface area (Å²) in [4.78, 5) is 57.1. The van der Waals surface area contributed by atoms with E-state index in [-0.39, 0.29) is 23.9 Å². The van der Waals surface area contributed by atoms with E-state index in [1.165, 1.54) is 12.0 Å². The Morgan fingerprint density at radius 3 is 2.46 bits per heavy atom. The van der Waals surface area contributed by atoms with Gasteiger partial charge in [0.2, 0.25) is 5.91 Å². The van der Waals surface area contributed by atoms with Crippen molar-refractivity contribution in [2.75, 3.05) is 20.2 Å². The number of hydrogen-bond acceptors (Lipinski definition) is 7. The first-order chi connectivity index (χ1) is 24.2. The monoisotopic (exact) mass is 677 g/mol. The zero-order chi connectivity index (χ0) is 34.7. The Morgan fingerprint density at radius 2 is 1.70 bits per heavy atom. The second kappa shape index (κ2) is 12.4. The van der Waals surface area contributed by atoms with Gasteiger partial charge in [-0.25, -0.2) is 19.6 Å². The van der Waals surface area contributed by atoms with Gasteiger partial charge < -0.3 is 34.8 Å². The van der Waals surface area contributed by atoms with Crippen LogP contribution in [0.5, 0.6) is 5.75 Å². The third-order valence-corrected chi connectivity index (χ3v) is 10.3. The number of methoxy groups -OCH3 is 1. The molecule has 13 heteroatoms. The number of aromatic nitrogens is 4. The summed E-state index contributed by atoms with van der Waals surface area (Å²) in [7, 11) is 1.29. The first-order valence-corrected chi connectivity index (χ1v) is 17.1. The van der Waals surface area contributed by atoms with E-state index in [1.807, 2.05) is 24.8 Å². The number of carbonyl (C=O) groups is 3. The van der Waals surface area contributed by atoms with Gasteiger partial charge in [-0.3, -0.25) is 9.69 Å². The summed E-state index contributed by atoms with van der Waals surface area (Å²) in [6.07, 6.45) is 3.40. The van der Waals surface area contributed by atoms with E-state index in [9.17, 15) is 19.5 Å². The number of carbonyl (C=O) groups excluding carboxylic acids is 2. The lowest BCUT2D eigenvalue weighted by molar-refractivity contribution is -0.135. The predicted molar refractivity (Wildman–Crippen MR) is 186 cm³/mol. The van der Waals surface area contributed by atoms with Crippen molar-refractivity contribution in [3.8, 4) is 28.1 Å². The van der Waals surface area contributed by atoms with E-state index in [2.05, 4.69) is 56.7 Å². The van der Waals surface area contributed by atoms with Gasteiger partial charge in [-0.2, -0.15) is 0 Å². The molecule has 3 amide bonds. The fourth-order valence-corrected chi connectivity index (χ4v) is 7.81. The summed E-state index contributed by atoms with van der Waals surface area (Å²) < 4.78 is 11.2. The summed E-state index contributed by atoms with van der Waals surface area (Å²) in [5, 5.41) is 14.2. The molecule has 258 valence electrons. The van der Waals surface area contributed by atoms with Crippen molar-refractivity contribution in [2.45, 2.75) is 64.3 Å². The smallest absolute Gasteiger partial charge is 0.407 e. The molecular formula is C37H39N7O6. The maximum absolute atomic E-state index is 13.7. The van der Waals surface area contributed by atoms with E-state index in [4.69, 9.17) is 14.5 Å². The van der Waals surface area contributed by atoms with Gasteiger partial charge in [0.05, 0.1) is 42.1 Å². The molecule has 8 rings (SSSR count). The van der Waals surface area contributed by atoms with Gasteiger partial charge in [-0.1, -0.05) is 32.0 Å². The van der Waals surface area contributed by atoms with Crippen LogP contribution < -0.4 is 10.1 Å². The summed E-state index contributed by atoms with van der Waals surface area (Å²) in [5.74, 6) is 1.94. The number of aromatic amines is 2. The van der Waals surface area contributed by atoms with Crippen LogP contribution in [0, 0.1) is 5.92 Å². The SMILES string of the molecule is COC(=O)N[C@H](C(=O)N1CCC[C@H]1c1nc2c(ccc3c4c(ccc32)-c2ccc(-c3cnc([C@H]5CCCN5C(=O)O)[nH]3)cc2CO4)[nH]1)C(C)C. The maximum Gasteiger partial charge on any atom is 0.407 e. The molecular weight excluding hydrogens is 638 g/mol. The van der Waals surface area contributed by atoms with E-state index >= 15 is 0 Å². The highest BCUT2D eigenvalue weighted by Gasteiger charge is 2.38. The maximum atomic E-state index is 13.7. The number of imidazole rings is 2. The first-order valence-electron chi connectivity index (χ1n) is 17.1. The first kappa shape index (κ1) is 31.7. The normalized spacial score (nSPS) is 19.0. The highest BCUT2D eigenvalue weighted by Crippen LogP contribution is 2.45.